The number of rotatable bonds is 2. The minimum atomic E-state index is -5.95. The molecule has 0 radical (unpaired) electrons. The molecule has 0 aliphatic carbocycles. The number of nitrogens with zero attached hydrogens (tertiary/aromatic N) is 4. The number of halogens is 6. The van der Waals surface area contributed by atoms with Gasteiger partial charge in [0, 0.05) is 0 Å². The maximum Gasteiger partial charge on any atom is 0.428 e. The van der Waals surface area contributed by atoms with Crippen LogP contribution in [0, 0.1) is 6.92 Å². The van der Waals surface area contributed by atoms with E-state index >= 15 is 0 Å². The SMILES string of the molecule is Cc1nn(CC(O)(C(F)(F)F)C(F)(F)F)c2ncnc(N)c12. The normalized spacial score (nSPS) is 13.8. The van der Waals surface area contributed by atoms with Crippen LogP contribution in [0.1, 0.15) is 5.69 Å². The Morgan fingerprint density at radius 3 is 2.18 bits per heavy atom. The molecule has 2 aromatic rings. The molecule has 2 heterocycles. The maximum absolute atomic E-state index is 12.7. The quantitative estimate of drug-likeness (QED) is 0.817. The van der Waals surface area contributed by atoms with Gasteiger partial charge in [0.05, 0.1) is 17.6 Å². The first kappa shape index (κ1) is 16.3. The van der Waals surface area contributed by atoms with Gasteiger partial charge in [-0.25, -0.2) is 14.6 Å². The second kappa shape index (κ2) is 4.69. The molecule has 0 bridgehead atoms. The molecule has 2 aromatic heterocycles. The molecule has 0 aliphatic rings. The van der Waals surface area contributed by atoms with E-state index in [9.17, 15) is 31.4 Å². The number of alkyl halides is 6. The maximum atomic E-state index is 12.7. The molecule has 0 aromatic carbocycles. The van der Waals surface area contributed by atoms with Crippen LogP contribution in [0.5, 0.6) is 0 Å². The van der Waals surface area contributed by atoms with E-state index in [-0.39, 0.29) is 22.5 Å². The molecule has 0 atom stereocenters. The van der Waals surface area contributed by atoms with E-state index in [0.29, 0.717) is 4.68 Å². The molecule has 0 saturated carbocycles. The summed E-state index contributed by atoms with van der Waals surface area (Å²) < 4.78 is 76.5. The molecule has 6 nitrogen and oxygen atoms in total. The Hall–Kier alpha value is -2.11. The van der Waals surface area contributed by atoms with Crippen molar-refractivity contribution < 1.29 is 31.4 Å². The van der Waals surface area contributed by atoms with E-state index in [4.69, 9.17) is 5.73 Å². The summed E-state index contributed by atoms with van der Waals surface area (Å²) in [7, 11) is 0. The lowest BCUT2D eigenvalue weighted by Gasteiger charge is -2.32. The fraction of sp³-hybridized carbons (Fsp3) is 0.500. The number of nitrogens with two attached hydrogens (primary N) is 1. The topological polar surface area (TPSA) is 89.8 Å². The van der Waals surface area contributed by atoms with Gasteiger partial charge in [0.1, 0.15) is 12.1 Å². The van der Waals surface area contributed by atoms with Crippen LogP contribution >= 0.6 is 0 Å². The molecular formula is C10H9F6N5O. The van der Waals surface area contributed by atoms with Crippen LogP contribution < -0.4 is 5.73 Å². The van der Waals surface area contributed by atoms with Gasteiger partial charge in [-0.2, -0.15) is 31.4 Å². The molecule has 122 valence electrons. The zero-order chi connectivity index (χ0) is 16.9. The van der Waals surface area contributed by atoms with Crippen molar-refractivity contribution in [1.82, 2.24) is 19.7 Å². The van der Waals surface area contributed by atoms with Crippen LogP contribution in [-0.4, -0.2) is 42.8 Å². The standard InChI is InChI=1S/C10H9F6N5O/c1-4-5-6(17)18-3-19-7(5)21(20-4)2-8(22,9(11,12)13)10(14,15)16/h3,22H,2H2,1H3,(H2,17,18,19). The van der Waals surface area contributed by atoms with Crippen LogP contribution in [0.4, 0.5) is 32.2 Å². The van der Waals surface area contributed by atoms with Gasteiger partial charge in [0.25, 0.3) is 5.60 Å². The fourth-order valence-corrected chi connectivity index (χ4v) is 1.88. The van der Waals surface area contributed by atoms with Crippen LogP contribution in [0.2, 0.25) is 0 Å². The molecule has 0 amide bonds. The predicted molar refractivity (Wildman–Crippen MR) is 61.5 cm³/mol. The van der Waals surface area contributed by atoms with E-state index in [0.717, 1.165) is 6.33 Å². The van der Waals surface area contributed by atoms with Crippen molar-refractivity contribution in [2.75, 3.05) is 5.73 Å². The molecule has 0 spiro atoms. The molecular weight excluding hydrogens is 320 g/mol. The number of aromatic nitrogens is 4. The number of nitrogen functional groups attached to an aromatic ring is 1. The van der Waals surface area contributed by atoms with Gasteiger partial charge in [-0.3, -0.25) is 0 Å². The van der Waals surface area contributed by atoms with Crippen molar-refractivity contribution in [3.8, 4) is 0 Å². The van der Waals surface area contributed by atoms with Crippen molar-refractivity contribution >= 4 is 16.9 Å². The summed E-state index contributed by atoms with van der Waals surface area (Å²) in [5.41, 5.74) is 0.232. The van der Waals surface area contributed by atoms with Gasteiger partial charge < -0.3 is 10.8 Å². The second-order valence-electron chi connectivity index (χ2n) is 4.56. The molecule has 12 heteroatoms. The Morgan fingerprint density at radius 2 is 1.68 bits per heavy atom. The van der Waals surface area contributed by atoms with Gasteiger partial charge in [-0.15, -0.1) is 0 Å². The summed E-state index contributed by atoms with van der Waals surface area (Å²) in [6, 6.07) is 0. The first-order chi connectivity index (χ1) is 9.88. The summed E-state index contributed by atoms with van der Waals surface area (Å²) in [4.78, 5) is 7.16. The fourth-order valence-electron chi connectivity index (χ4n) is 1.88. The summed E-state index contributed by atoms with van der Waals surface area (Å²) in [6.45, 7) is -0.584. The van der Waals surface area contributed by atoms with E-state index in [1.807, 2.05) is 0 Å². The third kappa shape index (κ3) is 2.32. The Kier molecular flexibility index (Phi) is 3.47. The highest BCUT2D eigenvalue weighted by molar-refractivity contribution is 5.87. The highest BCUT2D eigenvalue weighted by Gasteiger charge is 2.70. The smallest absolute Gasteiger partial charge is 0.383 e. The summed E-state index contributed by atoms with van der Waals surface area (Å²) in [5.74, 6) is -0.142. The Balaban J connectivity index is 2.61. The Labute approximate surface area is 118 Å². The van der Waals surface area contributed by atoms with Gasteiger partial charge in [0.2, 0.25) is 0 Å². The number of hydrogen-bond donors (Lipinski definition) is 2. The predicted octanol–water partition coefficient (Wildman–Crippen LogP) is 1.57. The minimum absolute atomic E-state index is 0.0224. The number of hydrogen-bond acceptors (Lipinski definition) is 5. The lowest BCUT2D eigenvalue weighted by molar-refractivity contribution is -0.372. The van der Waals surface area contributed by atoms with Crippen molar-refractivity contribution in [2.24, 2.45) is 0 Å². The third-order valence-corrected chi connectivity index (χ3v) is 3.05. The van der Waals surface area contributed by atoms with Gasteiger partial charge in [-0.05, 0) is 6.92 Å². The van der Waals surface area contributed by atoms with Gasteiger partial charge in [0.15, 0.2) is 5.65 Å². The number of aryl methyl sites for hydroxylation is 1. The highest BCUT2D eigenvalue weighted by Crippen LogP contribution is 2.44. The zero-order valence-electron chi connectivity index (χ0n) is 10.9. The third-order valence-electron chi connectivity index (χ3n) is 3.05. The molecule has 0 fully saturated rings. The van der Waals surface area contributed by atoms with Crippen LogP contribution in [0.3, 0.4) is 0 Å². The van der Waals surface area contributed by atoms with Crippen LogP contribution in [-0.2, 0) is 6.54 Å². The number of aliphatic hydroxyl groups is 1. The summed E-state index contributed by atoms with van der Waals surface area (Å²) in [5, 5.41) is 12.7. The van der Waals surface area contributed by atoms with E-state index < -0.39 is 24.5 Å². The van der Waals surface area contributed by atoms with Gasteiger partial charge >= 0.3 is 12.4 Å². The average molecular weight is 329 g/mol. The molecule has 0 saturated heterocycles. The van der Waals surface area contributed by atoms with Crippen molar-refractivity contribution in [1.29, 1.82) is 0 Å². The molecule has 0 unspecified atom stereocenters. The van der Waals surface area contributed by atoms with E-state index in [1.54, 1.807) is 0 Å². The summed E-state index contributed by atoms with van der Waals surface area (Å²) in [6.07, 6.45) is -11.0. The molecule has 0 aliphatic heterocycles. The van der Waals surface area contributed by atoms with Crippen LogP contribution in [0.15, 0.2) is 6.33 Å². The van der Waals surface area contributed by atoms with Crippen LogP contribution in [0.25, 0.3) is 11.0 Å². The lowest BCUT2D eigenvalue weighted by atomic mass is 10.0. The van der Waals surface area contributed by atoms with E-state index in [2.05, 4.69) is 15.1 Å². The number of fused-ring (bicyclic) bond motifs is 1. The molecule has 2 rings (SSSR count). The first-order valence-electron chi connectivity index (χ1n) is 5.68. The Morgan fingerprint density at radius 1 is 1.14 bits per heavy atom. The average Bonchev–Trinajstić information content (AvgIpc) is 2.64. The van der Waals surface area contributed by atoms with Crippen molar-refractivity contribution in [3.05, 3.63) is 12.0 Å². The Bertz CT molecular complexity index is 692. The van der Waals surface area contributed by atoms with E-state index in [1.165, 1.54) is 6.92 Å². The second-order valence-corrected chi connectivity index (χ2v) is 4.56. The largest absolute Gasteiger partial charge is 0.428 e. The highest BCUT2D eigenvalue weighted by atomic mass is 19.4. The summed E-state index contributed by atoms with van der Waals surface area (Å²) >= 11 is 0. The minimum Gasteiger partial charge on any atom is -0.383 e. The lowest BCUT2D eigenvalue weighted by Crippen LogP contribution is -2.59. The zero-order valence-corrected chi connectivity index (χ0v) is 10.9. The molecule has 3 N–H and O–H groups in total. The van der Waals surface area contributed by atoms with Gasteiger partial charge in [-0.1, -0.05) is 0 Å². The monoisotopic (exact) mass is 329 g/mol. The van der Waals surface area contributed by atoms with Crippen molar-refractivity contribution in [3.63, 3.8) is 0 Å². The number of anilines is 1. The first-order valence-corrected chi connectivity index (χ1v) is 5.68. The molecule has 22 heavy (non-hydrogen) atoms. The van der Waals surface area contributed by atoms with Crippen molar-refractivity contribution in [2.45, 2.75) is 31.4 Å².